The predicted octanol–water partition coefficient (Wildman–Crippen LogP) is 3.78. The molecule has 12 heteroatoms. The minimum Gasteiger partial charge on any atom is -0.472 e. The minimum atomic E-state index is -2.55. The van der Waals surface area contributed by atoms with E-state index in [0.29, 0.717) is 24.0 Å². The first kappa shape index (κ1) is 33.7. The van der Waals surface area contributed by atoms with Crippen molar-refractivity contribution >= 4 is 23.9 Å². The molecule has 2 saturated carbocycles. The van der Waals surface area contributed by atoms with Gasteiger partial charge in [-0.15, -0.1) is 0 Å². The number of aliphatic hydroxyl groups is 2. The van der Waals surface area contributed by atoms with Crippen LogP contribution in [-0.2, 0) is 42.9 Å². The fourth-order valence-electron chi connectivity index (χ4n) is 10.1. The van der Waals surface area contributed by atoms with Gasteiger partial charge in [-0.2, -0.15) is 0 Å². The summed E-state index contributed by atoms with van der Waals surface area (Å²) in [5.74, 6) is -7.85. The van der Waals surface area contributed by atoms with Gasteiger partial charge in [0, 0.05) is 40.2 Å². The van der Waals surface area contributed by atoms with Crippen LogP contribution in [0, 0.1) is 39.9 Å². The van der Waals surface area contributed by atoms with Gasteiger partial charge in [0.15, 0.2) is 11.7 Å². The second-order valence-corrected chi connectivity index (χ2v) is 15.7. The summed E-state index contributed by atoms with van der Waals surface area (Å²) in [7, 11) is 1.27. The lowest BCUT2D eigenvalue weighted by molar-refractivity contribution is -0.386. The average Bonchev–Trinajstić information content (AvgIpc) is 3.65. The van der Waals surface area contributed by atoms with Gasteiger partial charge >= 0.3 is 23.9 Å². The standard InChI is InChI=1S/C35H46O12/c1-17(2)26(38)45-28-30(5,6)21(14-23(36)42-9)32(8)20-10-12-31(7)22(15-24(37)44-25(31)19-11-13-43-16-19)33(20)29(46-27(39)18(3)4)34(28,40)35(32,41)47-33/h11,13,15-18,20-21,25,28-29,40-41H,10,12,14H2,1-9H3. The van der Waals surface area contributed by atoms with Crippen molar-refractivity contribution in [2.24, 2.45) is 39.9 Å². The van der Waals surface area contributed by atoms with Crippen molar-refractivity contribution in [3.05, 3.63) is 35.8 Å². The maximum absolute atomic E-state index is 13.6. The molecule has 1 aromatic rings. The van der Waals surface area contributed by atoms with Gasteiger partial charge in [0.2, 0.25) is 5.79 Å². The van der Waals surface area contributed by atoms with Crippen LogP contribution >= 0.6 is 0 Å². The van der Waals surface area contributed by atoms with Crippen LogP contribution in [0.4, 0.5) is 0 Å². The lowest BCUT2D eigenvalue weighted by Gasteiger charge is -2.69. The molecule has 10 atom stereocenters. The highest BCUT2D eigenvalue weighted by Gasteiger charge is 2.96. The molecular formula is C35H46O12. The van der Waals surface area contributed by atoms with Crippen LogP contribution in [0.3, 0.4) is 0 Å². The van der Waals surface area contributed by atoms with Crippen molar-refractivity contribution in [3.8, 4) is 0 Å². The molecular weight excluding hydrogens is 612 g/mol. The SMILES string of the molecule is COC(=O)CC1C(C)(C)C(OC(=O)C(C)C)C2(O)C(OC(=O)C(C)C)C34OC2(O)C1(C)C3CCC1(C)C4=CC(=O)OC1c1ccoc1. The van der Waals surface area contributed by atoms with Gasteiger partial charge < -0.3 is 38.3 Å². The molecule has 3 aliphatic heterocycles. The van der Waals surface area contributed by atoms with Crippen LogP contribution in [0.5, 0.6) is 0 Å². The smallest absolute Gasteiger partial charge is 0.331 e. The van der Waals surface area contributed by atoms with E-state index >= 15 is 0 Å². The Morgan fingerprint density at radius 2 is 1.62 bits per heavy atom. The van der Waals surface area contributed by atoms with E-state index in [1.807, 2.05) is 6.92 Å². The first-order valence-corrected chi connectivity index (χ1v) is 16.4. The number of ether oxygens (including phenoxy) is 5. The van der Waals surface area contributed by atoms with Crippen LogP contribution in [0.2, 0.25) is 0 Å². The molecule has 10 unspecified atom stereocenters. The van der Waals surface area contributed by atoms with Gasteiger partial charge in [-0.25, -0.2) is 4.79 Å². The normalized spacial score (nSPS) is 42.7. The molecule has 2 saturated heterocycles. The summed E-state index contributed by atoms with van der Waals surface area (Å²) in [4.78, 5) is 53.5. The fourth-order valence-corrected chi connectivity index (χ4v) is 10.1. The van der Waals surface area contributed by atoms with E-state index in [4.69, 9.17) is 28.1 Å². The molecule has 1 spiro atoms. The largest absolute Gasteiger partial charge is 0.472 e. The first-order chi connectivity index (χ1) is 21.8. The molecule has 5 aliphatic rings. The highest BCUT2D eigenvalue weighted by molar-refractivity contribution is 5.86. The number of methoxy groups -OCH3 is 1. The minimum absolute atomic E-state index is 0.198. The Bertz CT molecular complexity index is 1530. The first-order valence-electron chi connectivity index (χ1n) is 16.4. The molecule has 2 bridgehead atoms. The Balaban J connectivity index is 1.66. The molecule has 1 aromatic heterocycles. The third-order valence-electron chi connectivity index (χ3n) is 12.2. The van der Waals surface area contributed by atoms with Gasteiger partial charge in [-0.1, -0.05) is 55.4 Å². The lowest BCUT2D eigenvalue weighted by atomic mass is 9.36. The van der Waals surface area contributed by atoms with Crippen molar-refractivity contribution in [2.75, 3.05) is 7.11 Å². The lowest BCUT2D eigenvalue weighted by Crippen LogP contribution is -2.84. The topological polar surface area (TPSA) is 168 Å². The molecule has 12 nitrogen and oxygen atoms in total. The number of fused-ring (bicyclic) bond motifs is 2. The molecule has 47 heavy (non-hydrogen) atoms. The number of carbonyl (C=O) groups is 4. The van der Waals surface area contributed by atoms with E-state index in [1.54, 1.807) is 54.5 Å². The predicted molar refractivity (Wildman–Crippen MR) is 162 cm³/mol. The van der Waals surface area contributed by atoms with Crippen LogP contribution in [0.25, 0.3) is 0 Å². The van der Waals surface area contributed by atoms with Gasteiger partial charge in [0.1, 0.15) is 17.8 Å². The molecule has 4 fully saturated rings. The van der Waals surface area contributed by atoms with Gasteiger partial charge in [-0.3, -0.25) is 14.4 Å². The van der Waals surface area contributed by atoms with Crippen molar-refractivity contribution in [1.29, 1.82) is 0 Å². The molecule has 6 rings (SSSR count). The summed E-state index contributed by atoms with van der Waals surface area (Å²) in [5, 5.41) is 26.4. The van der Waals surface area contributed by atoms with Crippen LogP contribution in [-0.4, -0.2) is 70.4 Å². The third-order valence-corrected chi connectivity index (χ3v) is 12.2. The van der Waals surface area contributed by atoms with Crippen LogP contribution < -0.4 is 0 Å². The summed E-state index contributed by atoms with van der Waals surface area (Å²) in [6.45, 7) is 13.7. The molecule has 0 amide bonds. The second kappa shape index (κ2) is 10.4. The van der Waals surface area contributed by atoms with Crippen molar-refractivity contribution in [3.63, 3.8) is 0 Å². The monoisotopic (exact) mass is 658 g/mol. The van der Waals surface area contributed by atoms with E-state index in [2.05, 4.69) is 0 Å². The summed E-state index contributed by atoms with van der Waals surface area (Å²) < 4.78 is 35.6. The Morgan fingerprint density at radius 1 is 1.00 bits per heavy atom. The van der Waals surface area contributed by atoms with E-state index in [9.17, 15) is 29.4 Å². The molecule has 258 valence electrons. The summed E-state index contributed by atoms with van der Waals surface area (Å²) in [5.41, 5.74) is -6.92. The average molecular weight is 659 g/mol. The summed E-state index contributed by atoms with van der Waals surface area (Å²) >= 11 is 0. The number of hydrogen-bond donors (Lipinski definition) is 2. The number of cyclic esters (lactones) is 1. The second-order valence-electron chi connectivity index (χ2n) is 15.7. The molecule has 2 N–H and O–H groups in total. The highest BCUT2D eigenvalue weighted by atomic mass is 16.7. The van der Waals surface area contributed by atoms with Crippen LogP contribution in [0.1, 0.15) is 86.3 Å². The Kier molecular flexibility index (Phi) is 7.44. The zero-order valence-corrected chi connectivity index (χ0v) is 28.4. The number of furan rings is 1. The number of hydrogen-bond acceptors (Lipinski definition) is 12. The quantitative estimate of drug-likeness (QED) is 0.322. The van der Waals surface area contributed by atoms with E-state index in [-0.39, 0.29) is 6.42 Å². The Labute approximate surface area is 274 Å². The summed E-state index contributed by atoms with van der Waals surface area (Å²) in [6, 6.07) is 1.70. The van der Waals surface area contributed by atoms with Gasteiger partial charge in [0.05, 0.1) is 31.5 Å². The number of rotatable bonds is 7. The van der Waals surface area contributed by atoms with Crippen LogP contribution in [0.15, 0.2) is 34.7 Å². The maximum Gasteiger partial charge on any atom is 0.331 e. The highest BCUT2D eigenvalue weighted by Crippen LogP contribution is 2.82. The van der Waals surface area contributed by atoms with E-state index in [0.717, 1.165) is 0 Å². The summed E-state index contributed by atoms with van der Waals surface area (Å²) in [6.07, 6.45) is 0.913. The zero-order valence-electron chi connectivity index (χ0n) is 28.4. The van der Waals surface area contributed by atoms with Crippen molar-refractivity contribution < 1.29 is 57.5 Å². The third kappa shape index (κ3) is 3.98. The Hall–Kier alpha value is -3.22. The zero-order chi connectivity index (χ0) is 34.7. The fraction of sp³-hybridized carbons (Fsp3) is 0.714. The molecule has 4 heterocycles. The van der Waals surface area contributed by atoms with E-state index < -0.39 is 99.1 Å². The number of carbonyl (C=O) groups excluding carboxylic acids is 4. The van der Waals surface area contributed by atoms with Gasteiger partial charge in [-0.05, 0) is 30.4 Å². The van der Waals surface area contributed by atoms with Gasteiger partial charge in [0.25, 0.3) is 0 Å². The van der Waals surface area contributed by atoms with Crippen molar-refractivity contribution in [1.82, 2.24) is 0 Å². The van der Waals surface area contributed by atoms with E-state index in [1.165, 1.54) is 25.7 Å². The van der Waals surface area contributed by atoms with Crippen molar-refractivity contribution in [2.45, 2.75) is 110 Å². The number of esters is 4. The Morgan fingerprint density at radius 3 is 2.17 bits per heavy atom. The maximum atomic E-state index is 13.6. The molecule has 2 aliphatic carbocycles. The molecule has 0 radical (unpaired) electrons. The molecule has 0 aromatic carbocycles.